The summed E-state index contributed by atoms with van der Waals surface area (Å²) in [5.41, 5.74) is 3.27. The highest BCUT2D eigenvalue weighted by Crippen LogP contribution is 2.23. The van der Waals surface area contributed by atoms with Crippen LogP contribution in [0, 0.1) is 0 Å². The molecule has 0 bridgehead atoms. The molecule has 0 aliphatic heterocycles. The van der Waals surface area contributed by atoms with Gasteiger partial charge in [0.2, 0.25) is 0 Å². The van der Waals surface area contributed by atoms with Gasteiger partial charge in [-0.15, -0.1) is 0 Å². The molecule has 0 aliphatic carbocycles. The number of rotatable bonds is 3. The van der Waals surface area contributed by atoms with Crippen LogP contribution in [0.3, 0.4) is 0 Å². The number of aromatic nitrogens is 2. The summed E-state index contributed by atoms with van der Waals surface area (Å²) in [5.74, 6) is 0. The van der Waals surface area contributed by atoms with Crippen molar-refractivity contribution in [1.82, 2.24) is 10.2 Å². The third-order valence-corrected chi connectivity index (χ3v) is 3.91. The van der Waals surface area contributed by atoms with Gasteiger partial charge in [-0.25, -0.2) is 0 Å². The number of H-pyrrole nitrogens is 1. The van der Waals surface area contributed by atoms with Crippen molar-refractivity contribution in [2.75, 3.05) is 5.32 Å². The topological polar surface area (TPSA) is 40.7 Å². The summed E-state index contributed by atoms with van der Waals surface area (Å²) in [6, 6.07) is 11.9. The van der Waals surface area contributed by atoms with Gasteiger partial charge in [0, 0.05) is 27.1 Å². The van der Waals surface area contributed by atoms with Crippen molar-refractivity contribution < 1.29 is 0 Å². The molecule has 3 nitrogen and oxygen atoms in total. The smallest absolute Gasteiger partial charge is 0.0651 e. The van der Waals surface area contributed by atoms with E-state index in [1.165, 1.54) is 0 Å². The van der Waals surface area contributed by atoms with Crippen molar-refractivity contribution in [2.45, 2.75) is 6.54 Å². The fraction of sp³-hybridized carbons (Fsp3) is 0.0714. The Morgan fingerprint density at radius 2 is 2.11 bits per heavy atom. The van der Waals surface area contributed by atoms with Gasteiger partial charge in [0.15, 0.2) is 0 Å². The Bertz CT molecular complexity index is 724. The molecule has 0 unspecified atom stereocenters. The standard InChI is InChI=1S/C14H11BrClN3/c15-13-6-11(16)2-1-9(13)7-17-12-3-4-14-10(5-12)8-18-19-14/h1-6,8,17H,7H2,(H,18,19). The number of nitrogens with zero attached hydrogens (tertiary/aromatic N) is 1. The molecule has 96 valence electrons. The SMILES string of the molecule is Clc1ccc(CNc2ccc3[nH]ncc3c2)c(Br)c1. The summed E-state index contributed by atoms with van der Waals surface area (Å²) in [6.07, 6.45) is 1.82. The zero-order chi connectivity index (χ0) is 13.2. The van der Waals surface area contributed by atoms with Crippen LogP contribution in [0.5, 0.6) is 0 Å². The molecule has 2 aromatic carbocycles. The molecule has 0 fully saturated rings. The predicted molar refractivity (Wildman–Crippen MR) is 82.6 cm³/mol. The molecular weight excluding hydrogens is 326 g/mol. The number of halogens is 2. The van der Waals surface area contributed by atoms with Crippen molar-refractivity contribution in [3.05, 3.63) is 57.7 Å². The highest BCUT2D eigenvalue weighted by atomic mass is 79.9. The first-order valence-corrected chi connectivity index (χ1v) is 7.00. The van der Waals surface area contributed by atoms with Crippen LogP contribution in [-0.2, 0) is 6.54 Å². The first kappa shape index (κ1) is 12.5. The number of aromatic amines is 1. The van der Waals surface area contributed by atoms with Crippen LogP contribution >= 0.6 is 27.5 Å². The number of nitrogens with one attached hydrogen (secondary N) is 2. The van der Waals surface area contributed by atoms with Gasteiger partial charge in [0.05, 0.1) is 11.7 Å². The molecule has 0 atom stereocenters. The average molecular weight is 337 g/mol. The lowest BCUT2D eigenvalue weighted by Gasteiger charge is -2.08. The van der Waals surface area contributed by atoms with Crippen LogP contribution in [0.25, 0.3) is 10.9 Å². The summed E-state index contributed by atoms with van der Waals surface area (Å²) in [6.45, 7) is 0.737. The van der Waals surface area contributed by atoms with E-state index in [1.807, 2.05) is 36.5 Å². The molecule has 0 saturated carbocycles. The molecule has 3 aromatic rings. The van der Waals surface area contributed by atoms with Gasteiger partial charge in [-0.1, -0.05) is 33.6 Å². The molecule has 1 aromatic heterocycles. The first-order valence-electron chi connectivity index (χ1n) is 5.83. The summed E-state index contributed by atoms with van der Waals surface area (Å²) in [5, 5.41) is 12.2. The Balaban J connectivity index is 1.77. The van der Waals surface area contributed by atoms with E-state index in [0.717, 1.165) is 38.2 Å². The minimum Gasteiger partial charge on any atom is -0.381 e. The molecule has 5 heteroatoms. The Morgan fingerprint density at radius 3 is 2.95 bits per heavy atom. The van der Waals surface area contributed by atoms with Gasteiger partial charge in [0.1, 0.15) is 0 Å². The third kappa shape index (κ3) is 2.74. The summed E-state index contributed by atoms with van der Waals surface area (Å²) in [7, 11) is 0. The lowest BCUT2D eigenvalue weighted by molar-refractivity contribution is 1.12. The van der Waals surface area contributed by atoms with Crippen LogP contribution in [-0.4, -0.2) is 10.2 Å². The van der Waals surface area contributed by atoms with Crippen molar-refractivity contribution >= 4 is 44.1 Å². The zero-order valence-corrected chi connectivity index (χ0v) is 12.3. The molecule has 0 spiro atoms. The monoisotopic (exact) mass is 335 g/mol. The van der Waals surface area contributed by atoms with Crippen LogP contribution in [0.4, 0.5) is 5.69 Å². The number of hydrogen-bond acceptors (Lipinski definition) is 2. The van der Waals surface area contributed by atoms with Gasteiger partial charge < -0.3 is 5.32 Å². The first-order chi connectivity index (χ1) is 9.22. The molecule has 0 amide bonds. The van der Waals surface area contributed by atoms with E-state index in [1.54, 1.807) is 0 Å². The van der Waals surface area contributed by atoms with E-state index >= 15 is 0 Å². The van der Waals surface area contributed by atoms with E-state index in [2.05, 4.69) is 37.5 Å². The highest BCUT2D eigenvalue weighted by Gasteiger charge is 2.02. The molecule has 0 radical (unpaired) electrons. The largest absolute Gasteiger partial charge is 0.381 e. The maximum atomic E-state index is 5.93. The normalized spacial score (nSPS) is 10.8. The summed E-state index contributed by atoms with van der Waals surface area (Å²) < 4.78 is 1.01. The van der Waals surface area contributed by atoms with Gasteiger partial charge in [-0.05, 0) is 35.9 Å². The number of fused-ring (bicyclic) bond motifs is 1. The van der Waals surface area contributed by atoms with Gasteiger partial charge >= 0.3 is 0 Å². The van der Waals surface area contributed by atoms with E-state index < -0.39 is 0 Å². The molecule has 1 heterocycles. The second-order valence-electron chi connectivity index (χ2n) is 4.26. The van der Waals surface area contributed by atoms with Crippen molar-refractivity contribution in [3.63, 3.8) is 0 Å². The average Bonchev–Trinajstić information content (AvgIpc) is 2.85. The zero-order valence-electron chi connectivity index (χ0n) is 9.95. The molecule has 0 aliphatic rings. The van der Waals surface area contributed by atoms with Crippen molar-refractivity contribution in [1.29, 1.82) is 0 Å². The van der Waals surface area contributed by atoms with E-state index in [-0.39, 0.29) is 0 Å². The van der Waals surface area contributed by atoms with Crippen molar-refractivity contribution in [3.8, 4) is 0 Å². The van der Waals surface area contributed by atoms with Crippen LogP contribution in [0.2, 0.25) is 5.02 Å². The molecular formula is C14H11BrClN3. The molecule has 0 saturated heterocycles. The molecule has 19 heavy (non-hydrogen) atoms. The Morgan fingerprint density at radius 1 is 1.21 bits per heavy atom. The molecule has 3 rings (SSSR count). The van der Waals surface area contributed by atoms with Crippen LogP contribution in [0.1, 0.15) is 5.56 Å². The van der Waals surface area contributed by atoms with E-state index in [9.17, 15) is 0 Å². The third-order valence-electron chi connectivity index (χ3n) is 2.94. The van der Waals surface area contributed by atoms with Gasteiger partial charge in [-0.3, -0.25) is 5.10 Å². The quantitative estimate of drug-likeness (QED) is 0.734. The van der Waals surface area contributed by atoms with Gasteiger partial charge in [0.25, 0.3) is 0 Å². The lowest BCUT2D eigenvalue weighted by Crippen LogP contribution is -1.99. The predicted octanol–water partition coefficient (Wildman–Crippen LogP) is 4.59. The van der Waals surface area contributed by atoms with Crippen LogP contribution < -0.4 is 5.32 Å². The van der Waals surface area contributed by atoms with Gasteiger partial charge in [-0.2, -0.15) is 5.10 Å². The fourth-order valence-corrected chi connectivity index (χ4v) is 2.74. The second-order valence-corrected chi connectivity index (χ2v) is 5.55. The van der Waals surface area contributed by atoms with Crippen LogP contribution in [0.15, 0.2) is 47.1 Å². The Kier molecular flexibility index (Phi) is 3.44. The molecule has 2 N–H and O–H groups in total. The number of benzene rings is 2. The summed E-state index contributed by atoms with van der Waals surface area (Å²) in [4.78, 5) is 0. The lowest BCUT2D eigenvalue weighted by atomic mass is 10.2. The Hall–Kier alpha value is -1.52. The van der Waals surface area contributed by atoms with E-state index in [4.69, 9.17) is 11.6 Å². The second kappa shape index (κ2) is 5.23. The minimum absolute atomic E-state index is 0.732. The minimum atomic E-state index is 0.732. The maximum Gasteiger partial charge on any atom is 0.0651 e. The number of anilines is 1. The Labute approximate surface area is 124 Å². The number of hydrogen-bond donors (Lipinski definition) is 2. The highest BCUT2D eigenvalue weighted by molar-refractivity contribution is 9.10. The summed E-state index contributed by atoms with van der Waals surface area (Å²) >= 11 is 9.44. The fourth-order valence-electron chi connectivity index (χ4n) is 1.92. The van der Waals surface area contributed by atoms with Crippen molar-refractivity contribution in [2.24, 2.45) is 0 Å². The maximum absolute atomic E-state index is 5.93. The van der Waals surface area contributed by atoms with E-state index in [0.29, 0.717) is 0 Å².